The number of hydrogen-bond donors (Lipinski definition) is 1. The lowest BCUT2D eigenvalue weighted by Gasteiger charge is -2.24. The monoisotopic (exact) mass is 329 g/mol. The SMILES string of the molecule is CC[C@H](Oc1ccc2c(c1)CCCC2)C(=O)NCC1CCCCC1. The van der Waals surface area contributed by atoms with Gasteiger partial charge in [0.25, 0.3) is 5.91 Å². The number of nitrogens with one attached hydrogen (secondary N) is 1. The van der Waals surface area contributed by atoms with E-state index in [2.05, 4.69) is 17.4 Å². The van der Waals surface area contributed by atoms with Gasteiger partial charge in [-0.15, -0.1) is 0 Å². The van der Waals surface area contributed by atoms with E-state index in [0.717, 1.165) is 18.7 Å². The fourth-order valence-corrected chi connectivity index (χ4v) is 4.02. The van der Waals surface area contributed by atoms with Crippen molar-refractivity contribution in [2.75, 3.05) is 6.54 Å². The molecule has 0 unspecified atom stereocenters. The molecule has 0 aliphatic heterocycles. The maximum absolute atomic E-state index is 12.5. The van der Waals surface area contributed by atoms with E-state index in [1.165, 1.54) is 62.5 Å². The van der Waals surface area contributed by atoms with Gasteiger partial charge in [-0.2, -0.15) is 0 Å². The van der Waals surface area contributed by atoms with Gasteiger partial charge in [-0.25, -0.2) is 0 Å². The minimum absolute atomic E-state index is 0.0424. The molecule has 0 spiro atoms. The molecule has 1 saturated carbocycles. The normalized spacial score (nSPS) is 19.4. The number of aryl methyl sites for hydroxylation is 2. The summed E-state index contributed by atoms with van der Waals surface area (Å²) < 4.78 is 6.02. The van der Waals surface area contributed by atoms with Crippen molar-refractivity contribution in [1.29, 1.82) is 0 Å². The molecule has 1 amide bonds. The Hall–Kier alpha value is -1.51. The van der Waals surface area contributed by atoms with Crippen LogP contribution in [-0.2, 0) is 17.6 Å². The van der Waals surface area contributed by atoms with Crippen LogP contribution in [0, 0.1) is 5.92 Å². The van der Waals surface area contributed by atoms with Crippen LogP contribution < -0.4 is 10.1 Å². The van der Waals surface area contributed by atoms with Crippen molar-refractivity contribution in [2.24, 2.45) is 5.92 Å². The molecule has 2 aliphatic rings. The highest BCUT2D eigenvalue weighted by Crippen LogP contribution is 2.26. The standard InChI is InChI=1S/C21H31NO2/c1-2-20(21(23)22-15-16-8-4-3-5-9-16)24-19-13-12-17-10-6-7-11-18(17)14-19/h12-14,16,20H,2-11,15H2,1H3,(H,22,23)/t20-/m0/s1. The van der Waals surface area contributed by atoms with Crippen molar-refractivity contribution in [2.45, 2.75) is 77.2 Å². The zero-order valence-corrected chi connectivity index (χ0v) is 15.0. The fraction of sp³-hybridized carbons (Fsp3) is 0.667. The second kappa shape index (κ2) is 8.55. The topological polar surface area (TPSA) is 38.3 Å². The zero-order chi connectivity index (χ0) is 16.8. The van der Waals surface area contributed by atoms with Crippen molar-refractivity contribution in [3.05, 3.63) is 29.3 Å². The molecule has 0 heterocycles. The molecular formula is C21H31NO2. The lowest BCUT2D eigenvalue weighted by molar-refractivity contribution is -0.128. The molecule has 1 atom stereocenters. The van der Waals surface area contributed by atoms with Crippen LogP contribution in [0.1, 0.15) is 69.4 Å². The summed E-state index contributed by atoms with van der Waals surface area (Å²) in [5, 5.41) is 3.12. The minimum atomic E-state index is -0.379. The van der Waals surface area contributed by atoms with Gasteiger partial charge in [-0.05, 0) is 74.1 Å². The molecule has 132 valence electrons. The predicted octanol–water partition coefficient (Wildman–Crippen LogP) is 4.42. The second-order valence-electron chi connectivity index (χ2n) is 7.40. The highest BCUT2D eigenvalue weighted by molar-refractivity contribution is 5.81. The maximum atomic E-state index is 12.5. The summed E-state index contributed by atoms with van der Waals surface area (Å²) in [6, 6.07) is 6.35. The third-order valence-corrected chi connectivity index (χ3v) is 5.55. The molecule has 0 radical (unpaired) electrons. The van der Waals surface area contributed by atoms with Crippen LogP contribution in [0.3, 0.4) is 0 Å². The number of ether oxygens (including phenoxy) is 1. The molecule has 1 aromatic rings. The van der Waals surface area contributed by atoms with Gasteiger partial charge >= 0.3 is 0 Å². The minimum Gasteiger partial charge on any atom is -0.481 e. The smallest absolute Gasteiger partial charge is 0.261 e. The van der Waals surface area contributed by atoms with Gasteiger partial charge < -0.3 is 10.1 Å². The zero-order valence-electron chi connectivity index (χ0n) is 15.0. The van der Waals surface area contributed by atoms with Crippen molar-refractivity contribution in [1.82, 2.24) is 5.32 Å². The van der Waals surface area contributed by atoms with Gasteiger partial charge in [0.1, 0.15) is 5.75 Å². The first-order chi connectivity index (χ1) is 11.8. The summed E-state index contributed by atoms with van der Waals surface area (Å²) in [7, 11) is 0. The third-order valence-electron chi connectivity index (χ3n) is 5.55. The van der Waals surface area contributed by atoms with Crippen LogP contribution >= 0.6 is 0 Å². The first kappa shape index (κ1) is 17.3. The highest BCUT2D eigenvalue weighted by atomic mass is 16.5. The van der Waals surface area contributed by atoms with E-state index >= 15 is 0 Å². The Labute approximate surface area is 146 Å². The Kier molecular flexibility index (Phi) is 6.17. The van der Waals surface area contributed by atoms with Crippen LogP contribution in [0.4, 0.5) is 0 Å². The van der Waals surface area contributed by atoms with Gasteiger partial charge in [-0.1, -0.05) is 32.3 Å². The van der Waals surface area contributed by atoms with E-state index in [9.17, 15) is 4.79 Å². The fourth-order valence-electron chi connectivity index (χ4n) is 4.02. The number of fused-ring (bicyclic) bond motifs is 1. The maximum Gasteiger partial charge on any atom is 0.261 e. The summed E-state index contributed by atoms with van der Waals surface area (Å²) >= 11 is 0. The van der Waals surface area contributed by atoms with Gasteiger partial charge in [0.2, 0.25) is 0 Å². The first-order valence-electron chi connectivity index (χ1n) is 9.82. The molecule has 1 N–H and O–H groups in total. The lowest BCUT2D eigenvalue weighted by atomic mass is 9.89. The van der Waals surface area contributed by atoms with Crippen LogP contribution in [-0.4, -0.2) is 18.6 Å². The molecule has 3 nitrogen and oxygen atoms in total. The summed E-state index contributed by atoms with van der Waals surface area (Å²) in [6.45, 7) is 2.83. The van der Waals surface area contributed by atoms with Crippen molar-refractivity contribution in [3.8, 4) is 5.75 Å². The predicted molar refractivity (Wildman–Crippen MR) is 97.4 cm³/mol. The van der Waals surface area contributed by atoms with E-state index in [0.29, 0.717) is 12.3 Å². The number of benzene rings is 1. The first-order valence-corrected chi connectivity index (χ1v) is 9.82. The number of rotatable bonds is 6. The molecule has 2 aliphatic carbocycles. The van der Waals surface area contributed by atoms with E-state index in [-0.39, 0.29) is 12.0 Å². The number of carbonyl (C=O) groups excluding carboxylic acids is 1. The molecule has 3 rings (SSSR count). The molecule has 0 aromatic heterocycles. The van der Waals surface area contributed by atoms with Crippen LogP contribution in [0.2, 0.25) is 0 Å². The molecule has 24 heavy (non-hydrogen) atoms. The molecule has 0 saturated heterocycles. The average Bonchev–Trinajstić information content (AvgIpc) is 2.65. The van der Waals surface area contributed by atoms with Gasteiger partial charge in [-0.3, -0.25) is 4.79 Å². The van der Waals surface area contributed by atoms with E-state index in [4.69, 9.17) is 4.74 Å². The Morgan fingerprint density at radius 3 is 2.62 bits per heavy atom. The van der Waals surface area contributed by atoms with Gasteiger partial charge in [0.05, 0.1) is 0 Å². The Morgan fingerprint density at radius 2 is 1.88 bits per heavy atom. The molecule has 3 heteroatoms. The quantitative estimate of drug-likeness (QED) is 0.839. The van der Waals surface area contributed by atoms with E-state index in [1.807, 2.05) is 13.0 Å². The Morgan fingerprint density at radius 1 is 1.12 bits per heavy atom. The van der Waals surface area contributed by atoms with Gasteiger partial charge in [0.15, 0.2) is 6.10 Å². The number of hydrogen-bond acceptors (Lipinski definition) is 2. The van der Waals surface area contributed by atoms with Crippen LogP contribution in [0.25, 0.3) is 0 Å². The Bertz CT molecular complexity index is 549. The van der Waals surface area contributed by atoms with Crippen LogP contribution in [0.5, 0.6) is 5.75 Å². The molecular weight excluding hydrogens is 298 g/mol. The highest BCUT2D eigenvalue weighted by Gasteiger charge is 2.21. The molecule has 0 bridgehead atoms. The molecule has 1 aromatic carbocycles. The summed E-state index contributed by atoms with van der Waals surface area (Å²) in [4.78, 5) is 12.5. The van der Waals surface area contributed by atoms with Crippen molar-refractivity contribution >= 4 is 5.91 Å². The van der Waals surface area contributed by atoms with Crippen LogP contribution in [0.15, 0.2) is 18.2 Å². The Balaban J connectivity index is 1.54. The summed E-state index contributed by atoms with van der Waals surface area (Å²) in [5.41, 5.74) is 2.85. The summed E-state index contributed by atoms with van der Waals surface area (Å²) in [5.74, 6) is 1.54. The third kappa shape index (κ3) is 4.52. The molecule has 1 fully saturated rings. The van der Waals surface area contributed by atoms with E-state index in [1.54, 1.807) is 0 Å². The average molecular weight is 329 g/mol. The van der Waals surface area contributed by atoms with Gasteiger partial charge in [0, 0.05) is 6.54 Å². The number of carbonyl (C=O) groups is 1. The largest absolute Gasteiger partial charge is 0.481 e. The lowest BCUT2D eigenvalue weighted by Crippen LogP contribution is -2.40. The van der Waals surface area contributed by atoms with Crippen molar-refractivity contribution < 1.29 is 9.53 Å². The van der Waals surface area contributed by atoms with Crippen molar-refractivity contribution in [3.63, 3.8) is 0 Å². The second-order valence-corrected chi connectivity index (χ2v) is 7.40. The number of amides is 1. The van der Waals surface area contributed by atoms with E-state index < -0.39 is 0 Å². The summed E-state index contributed by atoms with van der Waals surface area (Å²) in [6.07, 6.45) is 11.7.